The molecule has 1 aliphatic heterocycles. The van der Waals surface area contributed by atoms with Gasteiger partial charge in [0, 0.05) is 19.1 Å². The van der Waals surface area contributed by atoms with Gasteiger partial charge in [0.1, 0.15) is 0 Å². The Morgan fingerprint density at radius 3 is 2.41 bits per heavy atom. The quantitative estimate of drug-likeness (QED) is 0.693. The smallest absolute Gasteiger partial charge is 0.317 e. The Bertz CT molecular complexity index is 598. The maximum absolute atomic E-state index is 12.6. The van der Waals surface area contributed by atoms with Crippen LogP contribution in [-0.2, 0) is 9.59 Å². The van der Waals surface area contributed by atoms with E-state index >= 15 is 0 Å². The summed E-state index contributed by atoms with van der Waals surface area (Å²) in [5, 5.41) is 12.1. The number of benzene rings is 1. The van der Waals surface area contributed by atoms with Gasteiger partial charge in [0.15, 0.2) is 0 Å². The van der Waals surface area contributed by atoms with Crippen LogP contribution in [0.4, 0.5) is 0 Å². The van der Waals surface area contributed by atoms with E-state index in [4.69, 9.17) is 5.11 Å². The Balaban J connectivity index is 1.83. The van der Waals surface area contributed by atoms with Gasteiger partial charge in [-0.2, -0.15) is 0 Å². The number of piperidine rings is 1. The zero-order valence-electron chi connectivity index (χ0n) is 16.7. The van der Waals surface area contributed by atoms with E-state index in [1.807, 2.05) is 30.1 Å². The van der Waals surface area contributed by atoms with E-state index in [0.29, 0.717) is 12.5 Å². The van der Waals surface area contributed by atoms with E-state index < -0.39 is 5.97 Å². The molecule has 0 aliphatic carbocycles. The number of carboxylic acid groups (broad SMARTS) is 1. The molecule has 1 heterocycles. The molecule has 1 aromatic carbocycles. The van der Waals surface area contributed by atoms with Crippen molar-refractivity contribution in [3.8, 4) is 0 Å². The van der Waals surface area contributed by atoms with Crippen LogP contribution in [0.3, 0.4) is 0 Å². The molecule has 1 atom stereocenters. The topological polar surface area (TPSA) is 72.9 Å². The standard InChI is InChI=1S/C21H33N3O3/c1-16(2)13-19(17-7-5-4-6-8-17)22-20(25)14-24-11-9-18(10-12-24)23(3)15-21(26)27/h4-8,16,18-19H,9-15H2,1-3H3,(H,22,25)(H,26,27). The van der Waals surface area contributed by atoms with Crippen molar-refractivity contribution in [2.45, 2.75) is 45.2 Å². The van der Waals surface area contributed by atoms with Gasteiger partial charge in [0.05, 0.1) is 19.1 Å². The molecule has 150 valence electrons. The second-order valence-electron chi connectivity index (χ2n) is 7.98. The van der Waals surface area contributed by atoms with Crippen LogP contribution < -0.4 is 5.32 Å². The van der Waals surface area contributed by atoms with Gasteiger partial charge in [-0.25, -0.2) is 0 Å². The van der Waals surface area contributed by atoms with Gasteiger partial charge >= 0.3 is 5.97 Å². The summed E-state index contributed by atoms with van der Waals surface area (Å²) in [6, 6.07) is 10.5. The van der Waals surface area contributed by atoms with E-state index in [2.05, 4.69) is 36.2 Å². The Morgan fingerprint density at radius 1 is 1.22 bits per heavy atom. The number of likely N-dealkylation sites (N-methyl/N-ethyl adjacent to an activating group) is 1. The average Bonchev–Trinajstić information content (AvgIpc) is 2.61. The number of hydrogen-bond acceptors (Lipinski definition) is 4. The summed E-state index contributed by atoms with van der Waals surface area (Å²) >= 11 is 0. The van der Waals surface area contributed by atoms with Crippen molar-refractivity contribution in [3.05, 3.63) is 35.9 Å². The van der Waals surface area contributed by atoms with Crippen molar-refractivity contribution in [1.29, 1.82) is 0 Å². The summed E-state index contributed by atoms with van der Waals surface area (Å²) in [6.07, 6.45) is 2.70. The highest BCUT2D eigenvalue weighted by Crippen LogP contribution is 2.21. The first-order valence-electron chi connectivity index (χ1n) is 9.84. The van der Waals surface area contributed by atoms with E-state index in [1.165, 1.54) is 0 Å². The van der Waals surface area contributed by atoms with Crippen LogP contribution in [0.2, 0.25) is 0 Å². The second-order valence-corrected chi connectivity index (χ2v) is 7.98. The van der Waals surface area contributed by atoms with Crippen LogP contribution >= 0.6 is 0 Å². The number of carbonyl (C=O) groups is 2. The SMILES string of the molecule is CC(C)CC(NC(=O)CN1CCC(N(C)CC(=O)O)CC1)c1ccccc1. The van der Waals surface area contributed by atoms with E-state index in [1.54, 1.807) is 0 Å². The van der Waals surface area contributed by atoms with Gasteiger partial charge in [-0.05, 0) is 37.8 Å². The van der Waals surface area contributed by atoms with Gasteiger partial charge in [0.2, 0.25) is 5.91 Å². The molecule has 6 heteroatoms. The zero-order valence-corrected chi connectivity index (χ0v) is 16.7. The minimum atomic E-state index is -0.795. The molecule has 27 heavy (non-hydrogen) atoms. The van der Waals surface area contributed by atoms with Crippen molar-refractivity contribution in [2.75, 3.05) is 33.2 Å². The van der Waals surface area contributed by atoms with Gasteiger partial charge in [-0.15, -0.1) is 0 Å². The highest BCUT2D eigenvalue weighted by atomic mass is 16.4. The molecular formula is C21H33N3O3. The third-order valence-electron chi connectivity index (χ3n) is 5.18. The van der Waals surface area contributed by atoms with Crippen molar-refractivity contribution < 1.29 is 14.7 Å². The third kappa shape index (κ3) is 7.31. The summed E-state index contributed by atoms with van der Waals surface area (Å²) in [5.41, 5.74) is 1.15. The molecule has 1 aromatic rings. The predicted octanol–water partition coefficient (Wildman–Crippen LogP) is 2.37. The maximum atomic E-state index is 12.6. The van der Waals surface area contributed by atoms with Gasteiger partial charge < -0.3 is 10.4 Å². The fourth-order valence-corrected chi connectivity index (χ4v) is 3.74. The normalized spacial score (nSPS) is 17.2. The molecular weight excluding hydrogens is 342 g/mol. The molecule has 6 nitrogen and oxygen atoms in total. The molecule has 1 unspecified atom stereocenters. The van der Waals surface area contributed by atoms with E-state index in [-0.39, 0.29) is 24.5 Å². The lowest BCUT2D eigenvalue weighted by molar-refractivity contribution is -0.138. The van der Waals surface area contributed by atoms with Crippen LogP contribution in [0.15, 0.2) is 30.3 Å². The summed E-state index contributed by atoms with van der Waals surface area (Å²) in [7, 11) is 1.86. The zero-order chi connectivity index (χ0) is 19.8. The number of hydrogen-bond donors (Lipinski definition) is 2. The Kier molecular flexibility index (Phi) is 8.25. The first kappa shape index (κ1) is 21.4. The number of rotatable bonds is 9. The molecule has 0 spiro atoms. The molecule has 2 rings (SSSR count). The Labute approximate surface area is 162 Å². The van der Waals surface area contributed by atoms with Crippen LogP contribution in [0.1, 0.15) is 44.7 Å². The molecule has 2 N–H and O–H groups in total. The van der Waals surface area contributed by atoms with Crippen LogP contribution in [-0.4, -0.2) is 66.1 Å². The van der Waals surface area contributed by atoms with Crippen molar-refractivity contribution >= 4 is 11.9 Å². The predicted molar refractivity (Wildman–Crippen MR) is 107 cm³/mol. The number of carboxylic acids is 1. The van der Waals surface area contributed by atoms with Crippen molar-refractivity contribution in [3.63, 3.8) is 0 Å². The highest BCUT2D eigenvalue weighted by molar-refractivity contribution is 5.78. The number of aliphatic carboxylic acids is 1. The van der Waals surface area contributed by atoms with Crippen LogP contribution in [0.25, 0.3) is 0 Å². The fraction of sp³-hybridized carbons (Fsp3) is 0.619. The lowest BCUT2D eigenvalue weighted by Gasteiger charge is -2.36. The molecule has 1 fully saturated rings. The number of carbonyl (C=O) groups excluding carboxylic acids is 1. The summed E-state index contributed by atoms with van der Waals surface area (Å²) in [5.74, 6) is -0.241. The first-order valence-corrected chi connectivity index (χ1v) is 9.84. The molecule has 0 bridgehead atoms. The first-order chi connectivity index (χ1) is 12.8. The van der Waals surface area contributed by atoms with E-state index in [9.17, 15) is 9.59 Å². The molecule has 1 amide bonds. The maximum Gasteiger partial charge on any atom is 0.317 e. The van der Waals surface area contributed by atoms with Crippen LogP contribution in [0.5, 0.6) is 0 Å². The average molecular weight is 376 g/mol. The number of amides is 1. The minimum Gasteiger partial charge on any atom is -0.480 e. The second kappa shape index (κ2) is 10.4. The molecule has 0 saturated carbocycles. The van der Waals surface area contributed by atoms with E-state index in [0.717, 1.165) is 37.9 Å². The monoisotopic (exact) mass is 375 g/mol. The van der Waals surface area contributed by atoms with Crippen molar-refractivity contribution in [1.82, 2.24) is 15.1 Å². The molecule has 1 saturated heterocycles. The van der Waals surface area contributed by atoms with Gasteiger partial charge in [-0.3, -0.25) is 19.4 Å². The largest absolute Gasteiger partial charge is 0.480 e. The minimum absolute atomic E-state index is 0.0398. The van der Waals surface area contributed by atoms with Gasteiger partial charge in [-0.1, -0.05) is 44.2 Å². The van der Waals surface area contributed by atoms with Crippen molar-refractivity contribution in [2.24, 2.45) is 5.92 Å². The molecule has 0 radical (unpaired) electrons. The Morgan fingerprint density at radius 2 is 1.85 bits per heavy atom. The summed E-state index contributed by atoms with van der Waals surface area (Å²) in [6.45, 7) is 6.45. The summed E-state index contributed by atoms with van der Waals surface area (Å²) < 4.78 is 0. The third-order valence-corrected chi connectivity index (χ3v) is 5.18. The van der Waals surface area contributed by atoms with Crippen LogP contribution in [0, 0.1) is 5.92 Å². The number of nitrogens with one attached hydrogen (secondary N) is 1. The highest BCUT2D eigenvalue weighted by Gasteiger charge is 2.25. The Hall–Kier alpha value is -1.92. The van der Waals surface area contributed by atoms with Gasteiger partial charge in [0.25, 0.3) is 0 Å². The lowest BCUT2D eigenvalue weighted by atomic mass is 9.97. The fourth-order valence-electron chi connectivity index (χ4n) is 3.74. The molecule has 1 aliphatic rings. The summed E-state index contributed by atoms with van der Waals surface area (Å²) in [4.78, 5) is 27.5. The lowest BCUT2D eigenvalue weighted by Crippen LogP contribution is -2.47. The number of likely N-dealkylation sites (tertiary alicyclic amines) is 1. The molecule has 0 aromatic heterocycles. The number of nitrogens with zero attached hydrogens (tertiary/aromatic N) is 2.